The molecule has 0 N–H and O–H groups in total. The van der Waals surface area contributed by atoms with Gasteiger partial charge in [-0.15, -0.1) is 37.2 Å². The van der Waals surface area contributed by atoms with Crippen molar-refractivity contribution in [1.82, 2.24) is 0 Å². The van der Waals surface area contributed by atoms with Crippen molar-refractivity contribution in [2.45, 2.75) is 0 Å². The van der Waals surface area contributed by atoms with E-state index in [1.54, 1.807) is 0 Å². The third-order valence-electron chi connectivity index (χ3n) is 0. The zero-order chi connectivity index (χ0) is 0. The Morgan fingerprint density at radius 3 is 0.833 bits per heavy atom. The van der Waals surface area contributed by atoms with Crippen LogP contribution in [0.4, 0.5) is 0 Å². The Hall–Kier alpha value is 3.73. The maximum atomic E-state index is 0. The molecule has 32 valence electrons. The summed E-state index contributed by atoms with van der Waals surface area (Å²) in [6, 6.07) is 0. The molecule has 0 aromatic carbocycles. The predicted octanol–water partition coefficient (Wildman–Crippen LogP) is -4.66. The van der Waals surface area contributed by atoms with Gasteiger partial charge in [-0.1, -0.05) is 0 Å². The summed E-state index contributed by atoms with van der Waals surface area (Å²) in [5, 5.41) is 0. The molecule has 0 nitrogen and oxygen atoms in total. The average molecular weight is 183 g/mol. The molecule has 0 spiro atoms. The molecule has 0 amide bonds. The molecule has 0 unspecified atom stereocenters. The van der Waals surface area contributed by atoms with Crippen molar-refractivity contribution in [1.29, 1.82) is 0 Å². The van der Waals surface area contributed by atoms with E-state index >= 15 is 0 Å². The minimum atomic E-state index is 0. The zero-order valence-corrected chi connectivity index (χ0v) is 10.6. The van der Waals surface area contributed by atoms with Gasteiger partial charge in [0.15, 0.2) is 0 Å². The summed E-state index contributed by atoms with van der Waals surface area (Å²) < 4.78 is 0. The third kappa shape index (κ3) is 25.2. The first-order chi connectivity index (χ1) is 0. The monoisotopic (exact) mass is 182 g/mol. The minimum absolute atomic E-state index is 0. The van der Waals surface area contributed by atoms with Crippen molar-refractivity contribution in [3.8, 4) is 0 Å². The summed E-state index contributed by atoms with van der Waals surface area (Å²) in [6.45, 7) is 0. The van der Waals surface area contributed by atoms with Crippen LogP contribution in [0.2, 0.25) is 0 Å². The van der Waals surface area contributed by atoms with Gasteiger partial charge in [0.25, 0.3) is 0 Å². The second-order valence-electron chi connectivity index (χ2n) is 0. The number of hydrogen-bond acceptors (Lipinski definition) is 0. The van der Waals surface area contributed by atoms with Crippen LogP contribution in [0.1, 0.15) is 5.71 Å². The van der Waals surface area contributed by atoms with E-state index in [4.69, 9.17) is 0 Å². The van der Waals surface area contributed by atoms with E-state index in [1.165, 1.54) is 0 Å². The van der Waals surface area contributed by atoms with Gasteiger partial charge in [-0.25, -0.2) is 0 Å². The van der Waals surface area contributed by atoms with Gasteiger partial charge in [-0.3, -0.25) is 0 Å². The van der Waals surface area contributed by atoms with Crippen molar-refractivity contribution in [3.63, 3.8) is 0 Å². The van der Waals surface area contributed by atoms with Crippen LogP contribution in [0, 0.1) is 0 Å². The van der Waals surface area contributed by atoms with Gasteiger partial charge < -0.3 is 5.71 Å². The van der Waals surface area contributed by atoms with Crippen LogP contribution in [0.3, 0.4) is 0 Å². The summed E-state index contributed by atoms with van der Waals surface area (Å²) in [5.41, 5.74) is 0. The largest absolute Gasteiger partial charge is 2.00 e. The van der Waals surface area contributed by atoms with E-state index in [9.17, 15) is 0 Å². The minimum Gasteiger partial charge on any atom is -1.00 e. The smallest absolute Gasteiger partial charge is 1.00 e. The number of hydrogen-bond donors (Lipinski definition) is 0. The van der Waals surface area contributed by atoms with Gasteiger partial charge >= 0.3 is 86.2 Å². The van der Waals surface area contributed by atoms with Crippen LogP contribution in [0.15, 0.2) is 0 Å². The zero-order valence-electron chi connectivity index (χ0n) is 7.93. The number of rotatable bonds is 0. The Balaban J connectivity index is 0. The Morgan fingerprint density at radius 1 is 0.833 bits per heavy atom. The molecule has 6 heavy (non-hydrogen) atoms. The van der Waals surface area contributed by atoms with Crippen LogP contribution >= 0.6 is 37.2 Å². The van der Waals surface area contributed by atoms with E-state index in [1.807, 2.05) is 0 Å². The first kappa shape index (κ1) is 53.3. The molecule has 0 radical (unpaired) electrons. The van der Waals surface area contributed by atoms with Crippen LogP contribution in [-0.2, 0) is 0 Å². The molecule has 0 saturated heterocycles. The molecule has 0 saturated carbocycles. The fraction of sp³-hybridized carbons (Fsp3) is 0. The van der Waals surface area contributed by atoms with E-state index in [-0.39, 0.29) is 129 Å². The first-order valence-electron chi connectivity index (χ1n) is 0. The molecular weight excluding hydrogens is 176 g/mol. The summed E-state index contributed by atoms with van der Waals surface area (Å²) >= 11 is 0. The molecule has 0 atom stereocenters. The van der Waals surface area contributed by atoms with E-state index < -0.39 is 0 Å². The van der Waals surface area contributed by atoms with Crippen molar-refractivity contribution < 1.29 is 54.1 Å². The molecule has 0 aliphatic rings. The van der Waals surface area contributed by atoms with Gasteiger partial charge in [0, 0.05) is 0 Å². The van der Waals surface area contributed by atoms with Gasteiger partial charge in [0.2, 0.25) is 0 Å². The Morgan fingerprint density at radius 2 is 0.833 bits per heavy atom. The molecule has 0 aromatic heterocycles. The summed E-state index contributed by atoms with van der Waals surface area (Å²) in [7, 11) is 0. The van der Waals surface area contributed by atoms with Crippen LogP contribution in [0.25, 0.3) is 0 Å². The SMILES string of the molecule is Cl.Cl.Cl.[Ca+2].[H-].[H-].[H-].[H-].[Li+].[Na+]. The summed E-state index contributed by atoms with van der Waals surface area (Å²) in [4.78, 5) is 0. The molecule has 0 fully saturated rings. The molecule has 6 heteroatoms. The Bertz CT molecular complexity index is 20.5. The molecule has 0 heterocycles. The fourth-order valence-corrected chi connectivity index (χ4v) is 0. The van der Waals surface area contributed by atoms with Gasteiger partial charge in [0.1, 0.15) is 0 Å². The normalized spacial score (nSPS) is 0. The molecule has 0 aliphatic heterocycles. The molecule has 0 rings (SSSR count). The second kappa shape index (κ2) is 37.5. The molecule has 0 aliphatic carbocycles. The topological polar surface area (TPSA) is 0 Å². The second-order valence-corrected chi connectivity index (χ2v) is 0. The van der Waals surface area contributed by atoms with Crippen LogP contribution in [0.5, 0.6) is 0 Å². The maximum Gasteiger partial charge on any atom is 2.00 e. The van der Waals surface area contributed by atoms with E-state index in [0.717, 1.165) is 0 Å². The van der Waals surface area contributed by atoms with Crippen LogP contribution in [-0.4, -0.2) is 37.7 Å². The molecule has 0 aromatic rings. The Kier molecular flexibility index (Phi) is 333. The average Bonchev–Trinajstić information content (AvgIpc) is 0. The first-order valence-corrected chi connectivity index (χ1v) is 0. The summed E-state index contributed by atoms with van der Waals surface area (Å²) in [6.07, 6.45) is 0. The predicted molar refractivity (Wildman–Crippen MR) is 31.9 cm³/mol. The van der Waals surface area contributed by atoms with E-state index in [0.29, 0.717) is 0 Å². The van der Waals surface area contributed by atoms with E-state index in [2.05, 4.69) is 0 Å². The molecule has 0 bridgehead atoms. The van der Waals surface area contributed by atoms with Crippen molar-refractivity contribution in [3.05, 3.63) is 0 Å². The summed E-state index contributed by atoms with van der Waals surface area (Å²) in [5.74, 6) is 0. The standard InChI is InChI=1S/Ca.3ClH.Li.Na.4H/h;3*1H;;;;;;/q+2;;;;2*+1;4*-1. The third-order valence-corrected chi connectivity index (χ3v) is 0. The Labute approximate surface area is 127 Å². The van der Waals surface area contributed by atoms with Crippen molar-refractivity contribution in [2.75, 3.05) is 0 Å². The van der Waals surface area contributed by atoms with Crippen molar-refractivity contribution in [2.24, 2.45) is 0 Å². The van der Waals surface area contributed by atoms with Crippen molar-refractivity contribution >= 4 is 75.0 Å². The molecular formula is H7CaCl3LiNa. The van der Waals surface area contributed by atoms with Gasteiger partial charge in [-0.2, -0.15) is 0 Å². The quantitative estimate of drug-likeness (QED) is 0.331. The van der Waals surface area contributed by atoms with Gasteiger partial charge in [-0.05, 0) is 0 Å². The number of halogens is 3. The van der Waals surface area contributed by atoms with Crippen LogP contribution < -0.4 is 48.4 Å². The maximum absolute atomic E-state index is 0. The van der Waals surface area contributed by atoms with Gasteiger partial charge in [0.05, 0.1) is 0 Å². The fourth-order valence-electron chi connectivity index (χ4n) is 0.